The topological polar surface area (TPSA) is 84.4 Å². The van der Waals surface area contributed by atoms with Crippen LogP contribution in [0.1, 0.15) is 43.4 Å². The molecule has 3 aromatic rings. The van der Waals surface area contributed by atoms with Crippen molar-refractivity contribution in [2.24, 2.45) is 0 Å². The molecule has 8 nitrogen and oxygen atoms in total. The molecule has 1 saturated carbocycles. The molecule has 2 aromatic heterocycles. The first-order chi connectivity index (χ1) is 17.0. The summed E-state index contributed by atoms with van der Waals surface area (Å²) in [5.41, 5.74) is 4.22. The number of ether oxygens (including phenoxy) is 2. The second kappa shape index (κ2) is 10.2. The third-order valence-electron chi connectivity index (χ3n) is 7.05. The van der Waals surface area contributed by atoms with Crippen LogP contribution in [0.15, 0.2) is 48.8 Å². The summed E-state index contributed by atoms with van der Waals surface area (Å²) in [5.74, 6) is 2.10. The Bertz CT molecular complexity index is 1140. The first-order valence-electron chi connectivity index (χ1n) is 12.4. The van der Waals surface area contributed by atoms with E-state index in [9.17, 15) is 0 Å². The van der Waals surface area contributed by atoms with E-state index in [1.165, 1.54) is 30.5 Å². The fourth-order valence-electron chi connectivity index (χ4n) is 4.86. The summed E-state index contributed by atoms with van der Waals surface area (Å²) >= 11 is 0. The molecule has 8 heteroatoms. The van der Waals surface area contributed by atoms with Gasteiger partial charge in [-0.1, -0.05) is 6.42 Å². The summed E-state index contributed by atoms with van der Waals surface area (Å²) in [7, 11) is 5.84. The van der Waals surface area contributed by atoms with E-state index < -0.39 is 0 Å². The van der Waals surface area contributed by atoms with Crippen molar-refractivity contribution in [1.29, 1.82) is 0 Å². The molecule has 0 atom stereocenters. The Labute approximate surface area is 207 Å². The van der Waals surface area contributed by atoms with E-state index >= 15 is 0 Å². The highest BCUT2D eigenvalue weighted by Crippen LogP contribution is 2.39. The van der Waals surface area contributed by atoms with Gasteiger partial charge in [0.15, 0.2) is 0 Å². The van der Waals surface area contributed by atoms with Gasteiger partial charge in [0, 0.05) is 37.5 Å². The van der Waals surface area contributed by atoms with Crippen LogP contribution in [0.25, 0.3) is 0 Å². The molecule has 0 bridgehead atoms. The number of pyridine rings is 1. The molecule has 0 saturated heterocycles. The van der Waals surface area contributed by atoms with Crippen LogP contribution in [0.4, 0.5) is 23.1 Å². The fourth-order valence-corrected chi connectivity index (χ4v) is 4.86. The lowest BCUT2D eigenvalue weighted by Gasteiger charge is -2.50. The molecule has 1 aromatic carbocycles. The number of fused-ring (bicyclic) bond motifs is 1. The van der Waals surface area contributed by atoms with Crippen molar-refractivity contribution >= 4 is 23.1 Å². The van der Waals surface area contributed by atoms with Crippen LogP contribution in [-0.4, -0.2) is 52.9 Å². The minimum absolute atomic E-state index is 0.157. The van der Waals surface area contributed by atoms with Crippen LogP contribution in [0.5, 0.6) is 5.75 Å². The predicted molar refractivity (Wildman–Crippen MR) is 138 cm³/mol. The highest BCUT2D eigenvalue weighted by molar-refractivity contribution is 5.60. The van der Waals surface area contributed by atoms with Gasteiger partial charge in [0.05, 0.1) is 11.9 Å². The predicted octanol–water partition coefficient (Wildman–Crippen LogP) is 5.07. The average molecular weight is 475 g/mol. The maximum Gasteiger partial charge on any atom is 0.229 e. The second-order valence-corrected chi connectivity index (χ2v) is 9.62. The molecule has 2 N–H and O–H groups in total. The van der Waals surface area contributed by atoms with Gasteiger partial charge < -0.3 is 20.1 Å². The van der Waals surface area contributed by atoms with Crippen molar-refractivity contribution < 1.29 is 9.47 Å². The molecule has 2 aliphatic carbocycles. The largest absolute Gasteiger partial charge is 0.490 e. The molecule has 1 fully saturated rings. The number of nitrogens with one attached hydrogen (secondary N) is 2. The van der Waals surface area contributed by atoms with Crippen LogP contribution >= 0.6 is 0 Å². The monoisotopic (exact) mass is 474 g/mol. The van der Waals surface area contributed by atoms with E-state index in [2.05, 4.69) is 36.6 Å². The quantitative estimate of drug-likeness (QED) is 0.346. The summed E-state index contributed by atoms with van der Waals surface area (Å²) < 4.78 is 11.8. The van der Waals surface area contributed by atoms with E-state index in [4.69, 9.17) is 9.47 Å². The molecule has 184 valence electrons. The summed E-state index contributed by atoms with van der Waals surface area (Å²) in [5, 5.41) is 6.65. The summed E-state index contributed by atoms with van der Waals surface area (Å²) in [4.78, 5) is 15.8. The van der Waals surface area contributed by atoms with Crippen molar-refractivity contribution in [3.8, 4) is 5.75 Å². The summed E-state index contributed by atoms with van der Waals surface area (Å²) in [6, 6.07) is 12.0. The number of methoxy groups -OCH3 is 1. The highest BCUT2D eigenvalue weighted by atomic mass is 16.5. The van der Waals surface area contributed by atoms with Crippen molar-refractivity contribution in [2.45, 2.75) is 56.8 Å². The number of anilines is 4. The number of nitrogens with zero attached hydrogens (tertiary/aromatic N) is 4. The number of hydrogen-bond donors (Lipinski definition) is 2. The van der Waals surface area contributed by atoms with Crippen LogP contribution < -0.4 is 15.4 Å². The Morgan fingerprint density at radius 2 is 1.74 bits per heavy atom. The number of aromatic nitrogens is 3. The zero-order valence-corrected chi connectivity index (χ0v) is 20.8. The van der Waals surface area contributed by atoms with Gasteiger partial charge in [0.1, 0.15) is 23.4 Å². The van der Waals surface area contributed by atoms with Gasteiger partial charge in [0.25, 0.3) is 0 Å². The molecule has 0 aliphatic heterocycles. The zero-order chi connectivity index (χ0) is 24.3. The molecule has 2 aliphatic rings. The molecule has 0 amide bonds. The molecule has 0 spiro atoms. The smallest absolute Gasteiger partial charge is 0.229 e. The van der Waals surface area contributed by atoms with Crippen molar-refractivity contribution in [1.82, 2.24) is 19.9 Å². The molecular formula is C27H34N6O2. The van der Waals surface area contributed by atoms with Gasteiger partial charge in [-0.2, -0.15) is 4.98 Å². The Hall–Kier alpha value is -3.23. The van der Waals surface area contributed by atoms with Crippen molar-refractivity contribution in [3.63, 3.8) is 0 Å². The van der Waals surface area contributed by atoms with Crippen LogP contribution in [-0.2, 0) is 17.6 Å². The van der Waals surface area contributed by atoms with Crippen molar-refractivity contribution in [3.05, 3.63) is 60.0 Å². The lowest BCUT2D eigenvalue weighted by molar-refractivity contribution is -0.204. The van der Waals surface area contributed by atoms with E-state index in [-0.39, 0.29) is 11.8 Å². The third kappa shape index (κ3) is 5.39. The van der Waals surface area contributed by atoms with Gasteiger partial charge in [-0.05, 0) is 81.7 Å². The van der Waals surface area contributed by atoms with Crippen LogP contribution in [0, 0.1) is 0 Å². The van der Waals surface area contributed by atoms with Gasteiger partial charge in [0.2, 0.25) is 5.95 Å². The van der Waals surface area contributed by atoms with Crippen LogP contribution in [0.2, 0.25) is 0 Å². The van der Waals surface area contributed by atoms with E-state index in [0.29, 0.717) is 5.95 Å². The molecule has 0 unspecified atom stereocenters. The maximum absolute atomic E-state index is 6.11. The molecule has 5 rings (SSSR count). The lowest BCUT2D eigenvalue weighted by Crippen LogP contribution is -2.59. The second-order valence-electron chi connectivity index (χ2n) is 9.62. The minimum atomic E-state index is -0.211. The van der Waals surface area contributed by atoms with E-state index in [1.54, 1.807) is 13.3 Å². The SMILES string of the molecule is COC1(N(C)C)CC(Oc2ccc(Nc3nccc(Nc4cnc5c(c4)CCCCC5)n3)cc2)C1. The Morgan fingerprint density at radius 3 is 2.51 bits per heavy atom. The summed E-state index contributed by atoms with van der Waals surface area (Å²) in [6.07, 6.45) is 11.4. The third-order valence-corrected chi connectivity index (χ3v) is 7.05. The van der Waals surface area contributed by atoms with E-state index in [1.807, 2.05) is 50.6 Å². The average Bonchev–Trinajstić information content (AvgIpc) is 3.07. The molecule has 35 heavy (non-hydrogen) atoms. The first-order valence-corrected chi connectivity index (χ1v) is 12.4. The standard InChI is InChI=1S/C27H34N6O2/c1-33(2)27(34-3)16-23(17-27)35-22-11-9-20(10-12-22)31-26-28-14-13-25(32-26)30-21-15-19-7-5-4-6-8-24(19)29-18-21/h9-15,18,23H,4-8,16-17H2,1-3H3,(H2,28,30,31,32). The van der Waals surface area contributed by atoms with Crippen molar-refractivity contribution in [2.75, 3.05) is 31.8 Å². The Balaban J connectivity index is 1.18. The number of benzene rings is 1. The number of hydrogen-bond acceptors (Lipinski definition) is 8. The fraction of sp³-hybridized carbons (Fsp3) is 0.444. The van der Waals surface area contributed by atoms with Gasteiger partial charge >= 0.3 is 0 Å². The number of rotatable bonds is 8. The summed E-state index contributed by atoms with van der Waals surface area (Å²) in [6.45, 7) is 0. The Kier molecular flexibility index (Phi) is 6.83. The number of aryl methyl sites for hydroxylation is 2. The Morgan fingerprint density at radius 1 is 0.943 bits per heavy atom. The maximum atomic E-state index is 6.11. The zero-order valence-electron chi connectivity index (χ0n) is 20.8. The highest BCUT2D eigenvalue weighted by Gasteiger charge is 2.48. The normalized spacial score (nSPS) is 21.5. The van der Waals surface area contributed by atoms with Gasteiger partial charge in [-0.25, -0.2) is 4.98 Å². The van der Waals surface area contributed by atoms with Crippen LogP contribution in [0.3, 0.4) is 0 Å². The van der Waals surface area contributed by atoms with E-state index in [0.717, 1.165) is 48.6 Å². The lowest BCUT2D eigenvalue weighted by atomic mass is 9.83. The van der Waals surface area contributed by atoms with Gasteiger partial charge in [-0.15, -0.1) is 0 Å². The van der Waals surface area contributed by atoms with Gasteiger partial charge in [-0.3, -0.25) is 9.88 Å². The first kappa shape index (κ1) is 23.5. The molecule has 2 heterocycles. The minimum Gasteiger partial charge on any atom is -0.490 e. The molecular weight excluding hydrogens is 440 g/mol. The molecule has 0 radical (unpaired) electrons.